The van der Waals surface area contributed by atoms with Crippen molar-refractivity contribution in [2.75, 3.05) is 0 Å². The van der Waals surface area contributed by atoms with E-state index >= 15 is 0 Å². The third-order valence-electron chi connectivity index (χ3n) is 3.64. The van der Waals surface area contributed by atoms with Crippen LogP contribution in [0.3, 0.4) is 0 Å². The van der Waals surface area contributed by atoms with Crippen LogP contribution in [0.2, 0.25) is 0 Å². The standard InChI is InChI=1S/C14H20N2O3/c1-8-5-11(6-9(2)18-8)19-13-7-12(17)15-14(16-13)10-3-4-10/h7-11H,3-6H2,1-2H3,(H,15,16,17). The summed E-state index contributed by atoms with van der Waals surface area (Å²) in [5, 5.41) is 0. The number of aromatic nitrogens is 2. The zero-order valence-electron chi connectivity index (χ0n) is 11.4. The predicted octanol–water partition coefficient (Wildman–Crippen LogP) is 1.98. The number of rotatable bonds is 3. The Bertz CT molecular complexity index is 500. The van der Waals surface area contributed by atoms with Gasteiger partial charge < -0.3 is 14.5 Å². The summed E-state index contributed by atoms with van der Waals surface area (Å²) in [5.74, 6) is 1.65. The van der Waals surface area contributed by atoms with Gasteiger partial charge in [0, 0.05) is 18.8 Å². The molecule has 5 heteroatoms. The zero-order valence-corrected chi connectivity index (χ0v) is 11.4. The molecule has 3 rings (SSSR count). The van der Waals surface area contributed by atoms with E-state index in [2.05, 4.69) is 9.97 Å². The van der Waals surface area contributed by atoms with E-state index in [1.807, 2.05) is 13.8 Å². The molecule has 1 N–H and O–H groups in total. The van der Waals surface area contributed by atoms with Crippen molar-refractivity contribution in [2.45, 2.75) is 63.8 Å². The molecule has 0 radical (unpaired) electrons. The van der Waals surface area contributed by atoms with E-state index < -0.39 is 0 Å². The molecule has 0 bridgehead atoms. The summed E-state index contributed by atoms with van der Waals surface area (Å²) in [6.45, 7) is 4.10. The van der Waals surface area contributed by atoms with E-state index in [1.54, 1.807) is 0 Å². The molecular formula is C14H20N2O3. The third-order valence-corrected chi connectivity index (χ3v) is 3.64. The third kappa shape index (κ3) is 3.15. The molecule has 1 aliphatic carbocycles. The number of H-pyrrole nitrogens is 1. The van der Waals surface area contributed by atoms with Gasteiger partial charge in [-0.3, -0.25) is 4.79 Å². The second-order valence-electron chi connectivity index (χ2n) is 5.71. The van der Waals surface area contributed by atoms with E-state index in [4.69, 9.17) is 9.47 Å². The number of hydrogen-bond acceptors (Lipinski definition) is 4. The van der Waals surface area contributed by atoms with E-state index in [0.29, 0.717) is 11.8 Å². The van der Waals surface area contributed by atoms with Crippen LogP contribution in [-0.2, 0) is 4.74 Å². The fourth-order valence-electron chi connectivity index (χ4n) is 2.68. The highest BCUT2D eigenvalue weighted by molar-refractivity contribution is 5.14. The minimum Gasteiger partial charge on any atom is -0.474 e. The minimum absolute atomic E-state index is 0.0834. The summed E-state index contributed by atoms with van der Waals surface area (Å²) in [5.41, 5.74) is -0.125. The molecule has 0 aromatic carbocycles. The summed E-state index contributed by atoms with van der Waals surface area (Å²) in [4.78, 5) is 18.8. The van der Waals surface area contributed by atoms with Gasteiger partial charge in [-0.2, -0.15) is 4.98 Å². The Kier molecular flexibility index (Phi) is 3.31. The summed E-state index contributed by atoms with van der Waals surface area (Å²) in [6, 6.07) is 1.44. The average molecular weight is 264 g/mol. The maximum absolute atomic E-state index is 11.6. The van der Waals surface area contributed by atoms with Crippen molar-refractivity contribution >= 4 is 0 Å². The molecular weight excluding hydrogens is 244 g/mol. The van der Waals surface area contributed by atoms with Crippen molar-refractivity contribution in [3.63, 3.8) is 0 Å². The molecule has 0 amide bonds. The zero-order chi connectivity index (χ0) is 13.4. The van der Waals surface area contributed by atoms with Crippen LogP contribution in [-0.4, -0.2) is 28.3 Å². The molecule has 1 aliphatic heterocycles. The highest BCUT2D eigenvalue weighted by atomic mass is 16.5. The Balaban J connectivity index is 1.73. The van der Waals surface area contributed by atoms with E-state index in [1.165, 1.54) is 6.07 Å². The van der Waals surface area contributed by atoms with Crippen LogP contribution in [0.5, 0.6) is 5.88 Å². The lowest BCUT2D eigenvalue weighted by Gasteiger charge is -2.31. The van der Waals surface area contributed by atoms with Gasteiger partial charge in [0.2, 0.25) is 5.88 Å². The van der Waals surface area contributed by atoms with Gasteiger partial charge in [0.15, 0.2) is 0 Å². The lowest BCUT2D eigenvalue weighted by molar-refractivity contribution is -0.0730. The minimum atomic E-state index is -0.125. The summed E-state index contributed by atoms with van der Waals surface area (Å²) < 4.78 is 11.6. The van der Waals surface area contributed by atoms with Gasteiger partial charge in [0.05, 0.1) is 18.3 Å². The van der Waals surface area contributed by atoms with Crippen LogP contribution in [0, 0.1) is 0 Å². The lowest BCUT2D eigenvalue weighted by atomic mass is 10.0. The number of ether oxygens (including phenoxy) is 2. The quantitative estimate of drug-likeness (QED) is 0.906. The first-order chi connectivity index (χ1) is 9.10. The number of hydrogen-bond donors (Lipinski definition) is 1. The smallest absolute Gasteiger partial charge is 0.254 e. The highest BCUT2D eigenvalue weighted by Gasteiger charge is 2.28. The largest absolute Gasteiger partial charge is 0.474 e. The summed E-state index contributed by atoms with van der Waals surface area (Å²) in [6.07, 6.45) is 4.38. The first-order valence-corrected chi connectivity index (χ1v) is 7.03. The van der Waals surface area contributed by atoms with Gasteiger partial charge in [-0.25, -0.2) is 0 Å². The Hall–Kier alpha value is -1.36. The second kappa shape index (κ2) is 4.96. The van der Waals surface area contributed by atoms with E-state index in [0.717, 1.165) is 31.5 Å². The van der Waals surface area contributed by atoms with E-state index in [9.17, 15) is 4.79 Å². The van der Waals surface area contributed by atoms with Crippen LogP contribution in [0.1, 0.15) is 51.3 Å². The Labute approximate surface area is 112 Å². The second-order valence-corrected chi connectivity index (χ2v) is 5.71. The predicted molar refractivity (Wildman–Crippen MR) is 70.5 cm³/mol. The molecule has 1 aromatic rings. The van der Waals surface area contributed by atoms with Crippen molar-refractivity contribution in [3.05, 3.63) is 22.2 Å². The fourth-order valence-corrected chi connectivity index (χ4v) is 2.68. The van der Waals surface area contributed by atoms with Crippen molar-refractivity contribution < 1.29 is 9.47 Å². The molecule has 0 spiro atoms. The Morgan fingerprint density at radius 3 is 2.63 bits per heavy atom. The topological polar surface area (TPSA) is 64.2 Å². The van der Waals surface area contributed by atoms with E-state index in [-0.39, 0.29) is 23.9 Å². The molecule has 1 saturated heterocycles. The molecule has 2 heterocycles. The van der Waals surface area contributed by atoms with Gasteiger partial charge in [0.25, 0.3) is 5.56 Å². The molecule has 19 heavy (non-hydrogen) atoms. The van der Waals surface area contributed by atoms with Gasteiger partial charge >= 0.3 is 0 Å². The maximum atomic E-state index is 11.6. The average Bonchev–Trinajstić information content (AvgIpc) is 3.09. The monoisotopic (exact) mass is 264 g/mol. The Morgan fingerprint density at radius 2 is 2.00 bits per heavy atom. The van der Waals surface area contributed by atoms with Crippen molar-refractivity contribution in [1.82, 2.24) is 9.97 Å². The molecule has 1 saturated carbocycles. The molecule has 104 valence electrons. The summed E-state index contributed by atoms with van der Waals surface area (Å²) >= 11 is 0. The first-order valence-electron chi connectivity index (χ1n) is 7.03. The van der Waals surface area contributed by atoms with Crippen LogP contribution < -0.4 is 10.3 Å². The van der Waals surface area contributed by atoms with Gasteiger partial charge in [-0.15, -0.1) is 0 Å². The Morgan fingerprint density at radius 1 is 1.32 bits per heavy atom. The van der Waals surface area contributed by atoms with Gasteiger partial charge in [0.1, 0.15) is 11.9 Å². The molecule has 1 aromatic heterocycles. The SMILES string of the molecule is CC1CC(Oc2cc(=O)[nH]c(C3CC3)n2)CC(C)O1. The van der Waals surface area contributed by atoms with Crippen molar-refractivity contribution in [2.24, 2.45) is 0 Å². The molecule has 2 aliphatic rings. The first kappa shape index (κ1) is 12.7. The number of nitrogens with zero attached hydrogens (tertiary/aromatic N) is 1. The fraction of sp³-hybridized carbons (Fsp3) is 0.714. The lowest BCUT2D eigenvalue weighted by Crippen LogP contribution is -2.36. The van der Waals surface area contributed by atoms with Gasteiger partial charge in [-0.05, 0) is 26.7 Å². The normalized spacial score (nSPS) is 31.2. The molecule has 2 atom stereocenters. The van der Waals surface area contributed by atoms with Crippen LogP contribution in [0.25, 0.3) is 0 Å². The van der Waals surface area contributed by atoms with Crippen LogP contribution in [0.4, 0.5) is 0 Å². The maximum Gasteiger partial charge on any atom is 0.254 e. The van der Waals surface area contributed by atoms with Gasteiger partial charge in [-0.1, -0.05) is 0 Å². The number of nitrogens with one attached hydrogen (secondary N) is 1. The highest BCUT2D eigenvalue weighted by Crippen LogP contribution is 2.38. The van der Waals surface area contributed by atoms with Crippen molar-refractivity contribution in [3.8, 4) is 5.88 Å². The molecule has 2 fully saturated rings. The number of aromatic amines is 1. The van der Waals surface area contributed by atoms with Crippen LogP contribution >= 0.6 is 0 Å². The summed E-state index contributed by atoms with van der Waals surface area (Å²) in [7, 11) is 0. The van der Waals surface area contributed by atoms with Crippen LogP contribution in [0.15, 0.2) is 10.9 Å². The molecule has 2 unspecified atom stereocenters. The molecule has 5 nitrogen and oxygen atoms in total. The van der Waals surface area contributed by atoms with Crippen molar-refractivity contribution in [1.29, 1.82) is 0 Å².